The van der Waals surface area contributed by atoms with Crippen LogP contribution in [-0.4, -0.2) is 4.98 Å². The number of aromatic nitrogens is 1. The summed E-state index contributed by atoms with van der Waals surface area (Å²) in [6, 6.07) is 44.1. The first-order valence-electron chi connectivity index (χ1n) is 12.7. The molecule has 7 aromatic rings. The van der Waals surface area contributed by atoms with Crippen molar-refractivity contribution in [3.63, 3.8) is 0 Å². The predicted molar refractivity (Wildman–Crippen MR) is 158 cm³/mol. The maximum Gasteiger partial charge on any atom is 0.0273 e. The van der Waals surface area contributed by atoms with Gasteiger partial charge in [-0.05, 0) is 102 Å². The highest BCUT2D eigenvalue weighted by molar-refractivity contribution is 6.21. The second kappa shape index (κ2) is 8.72. The van der Waals surface area contributed by atoms with Crippen molar-refractivity contribution in [3.05, 3.63) is 139 Å². The molecule has 1 nitrogen and oxygen atoms in total. The molecule has 0 amide bonds. The average molecular weight is 472 g/mol. The zero-order valence-corrected chi connectivity index (χ0v) is 20.6. The first-order valence-corrected chi connectivity index (χ1v) is 12.7. The van der Waals surface area contributed by atoms with E-state index in [9.17, 15) is 0 Å². The van der Waals surface area contributed by atoms with E-state index in [1.807, 2.05) is 12.4 Å². The van der Waals surface area contributed by atoms with Crippen molar-refractivity contribution in [3.8, 4) is 33.4 Å². The molecule has 0 aliphatic carbocycles. The number of pyridine rings is 1. The molecule has 6 aromatic carbocycles. The summed E-state index contributed by atoms with van der Waals surface area (Å²) in [4.78, 5) is 4.16. The van der Waals surface area contributed by atoms with Crippen LogP contribution < -0.4 is 0 Å². The van der Waals surface area contributed by atoms with Crippen LogP contribution in [0, 0.1) is 6.92 Å². The van der Waals surface area contributed by atoms with E-state index in [1.165, 1.54) is 71.3 Å². The van der Waals surface area contributed by atoms with Gasteiger partial charge in [0.25, 0.3) is 0 Å². The molecule has 0 atom stereocenters. The number of hydrogen-bond acceptors (Lipinski definition) is 1. The molecule has 0 radical (unpaired) electrons. The Hall–Kier alpha value is -4.75. The molecule has 37 heavy (non-hydrogen) atoms. The summed E-state index contributed by atoms with van der Waals surface area (Å²) >= 11 is 0. The molecule has 0 spiro atoms. The van der Waals surface area contributed by atoms with E-state index in [-0.39, 0.29) is 0 Å². The van der Waals surface area contributed by atoms with Crippen molar-refractivity contribution in [2.24, 2.45) is 0 Å². The van der Waals surface area contributed by atoms with Crippen molar-refractivity contribution >= 4 is 32.3 Å². The fraction of sp³-hybridized carbons (Fsp3) is 0.0278. The van der Waals surface area contributed by atoms with Gasteiger partial charge in [-0.2, -0.15) is 0 Å². The van der Waals surface area contributed by atoms with Crippen molar-refractivity contribution in [2.45, 2.75) is 6.92 Å². The fourth-order valence-corrected chi connectivity index (χ4v) is 5.71. The SMILES string of the molecule is Cc1ccccc1-c1c2ccccc2c(-c2ccc3cc(-c4ccncc4)ccc3c2)c2ccccc12. The molecule has 0 unspecified atom stereocenters. The van der Waals surface area contributed by atoms with E-state index >= 15 is 0 Å². The number of nitrogens with zero attached hydrogens (tertiary/aromatic N) is 1. The quantitative estimate of drug-likeness (QED) is 0.234. The van der Waals surface area contributed by atoms with Crippen LogP contribution in [-0.2, 0) is 0 Å². The van der Waals surface area contributed by atoms with Gasteiger partial charge in [-0.25, -0.2) is 0 Å². The number of rotatable bonds is 3. The molecule has 7 rings (SSSR count). The lowest BCUT2D eigenvalue weighted by Crippen LogP contribution is -1.92. The van der Waals surface area contributed by atoms with Crippen molar-refractivity contribution in [1.82, 2.24) is 4.98 Å². The maximum absolute atomic E-state index is 4.16. The van der Waals surface area contributed by atoms with Gasteiger partial charge < -0.3 is 0 Å². The molecule has 0 saturated carbocycles. The van der Waals surface area contributed by atoms with Crippen LogP contribution in [0.4, 0.5) is 0 Å². The Bertz CT molecular complexity index is 1880. The lowest BCUT2D eigenvalue weighted by molar-refractivity contribution is 1.33. The fourth-order valence-electron chi connectivity index (χ4n) is 5.71. The molecule has 0 aliphatic rings. The molecular formula is C36H25N. The monoisotopic (exact) mass is 471 g/mol. The molecule has 174 valence electrons. The highest BCUT2D eigenvalue weighted by Crippen LogP contribution is 2.44. The first kappa shape index (κ1) is 21.5. The Morgan fingerprint density at radius 2 is 0.946 bits per heavy atom. The van der Waals surface area contributed by atoms with Gasteiger partial charge in [-0.15, -0.1) is 0 Å². The Morgan fingerprint density at radius 3 is 1.57 bits per heavy atom. The second-order valence-corrected chi connectivity index (χ2v) is 9.67. The third-order valence-electron chi connectivity index (χ3n) is 7.49. The minimum atomic E-state index is 1.18. The van der Waals surface area contributed by atoms with Crippen LogP contribution >= 0.6 is 0 Å². The second-order valence-electron chi connectivity index (χ2n) is 9.67. The smallest absolute Gasteiger partial charge is 0.0273 e. The van der Waals surface area contributed by atoms with Crippen LogP contribution in [0.3, 0.4) is 0 Å². The molecular weight excluding hydrogens is 446 g/mol. The summed E-state index contributed by atoms with van der Waals surface area (Å²) < 4.78 is 0. The topological polar surface area (TPSA) is 12.9 Å². The third-order valence-corrected chi connectivity index (χ3v) is 7.49. The summed E-state index contributed by atoms with van der Waals surface area (Å²) in [6.07, 6.45) is 3.69. The van der Waals surface area contributed by atoms with Gasteiger partial charge in [0.2, 0.25) is 0 Å². The van der Waals surface area contributed by atoms with Gasteiger partial charge in [0.1, 0.15) is 0 Å². The summed E-state index contributed by atoms with van der Waals surface area (Å²) in [7, 11) is 0. The van der Waals surface area contributed by atoms with Crippen molar-refractivity contribution in [2.75, 3.05) is 0 Å². The van der Waals surface area contributed by atoms with Crippen LogP contribution in [0.1, 0.15) is 5.56 Å². The Morgan fingerprint density at radius 1 is 0.432 bits per heavy atom. The number of fused-ring (bicyclic) bond motifs is 3. The van der Waals surface area contributed by atoms with E-state index in [0.717, 1.165) is 0 Å². The largest absolute Gasteiger partial charge is 0.265 e. The summed E-state index contributed by atoms with van der Waals surface area (Å²) in [5.74, 6) is 0. The highest BCUT2D eigenvalue weighted by Gasteiger charge is 2.17. The molecule has 0 fully saturated rings. The number of aryl methyl sites for hydroxylation is 1. The van der Waals surface area contributed by atoms with E-state index in [2.05, 4.69) is 133 Å². The van der Waals surface area contributed by atoms with Gasteiger partial charge in [0, 0.05) is 12.4 Å². The molecule has 1 heterocycles. The van der Waals surface area contributed by atoms with Crippen molar-refractivity contribution < 1.29 is 0 Å². The van der Waals surface area contributed by atoms with Gasteiger partial charge in [-0.3, -0.25) is 4.98 Å². The number of benzene rings is 6. The van der Waals surface area contributed by atoms with Crippen LogP contribution in [0.15, 0.2) is 134 Å². The molecule has 0 bridgehead atoms. The van der Waals surface area contributed by atoms with Crippen LogP contribution in [0.2, 0.25) is 0 Å². The summed E-state index contributed by atoms with van der Waals surface area (Å²) in [5.41, 5.74) is 8.84. The zero-order chi connectivity index (χ0) is 24.8. The Kier molecular flexibility index (Phi) is 5.08. The minimum Gasteiger partial charge on any atom is -0.265 e. The summed E-state index contributed by atoms with van der Waals surface area (Å²) in [5, 5.41) is 7.63. The van der Waals surface area contributed by atoms with Crippen LogP contribution in [0.25, 0.3) is 65.7 Å². The van der Waals surface area contributed by atoms with Crippen molar-refractivity contribution in [1.29, 1.82) is 0 Å². The first-order chi connectivity index (χ1) is 18.3. The Balaban J connectivity index is 1.50. The summed E-state index contributed by atoms with van der Waals surface area (Å²) in [6.45, 7) is 2.20. The lowest BCUT2D eigenvalue weighted by atomic mass is 9.84. The van der Waals surface area contributed by atoms with Gasteiger partial charge in [0.05, 0.1) is 0 Å². The van der Waals surface area contributed by atoms with Crippen LogP contribution in [0.5, 0.6) is 0 Å². The van der Waals surface area contributed by atoms with E-state index in [4.69, 9.17) is 0 Å². The maximum atomic E-state index is 4.16. The normalized spacial score (nSPS) is 11.4. The lowest BCUT2D eigenvalue weighted by Gasteiger charge is -2.19. The third kappa shape index (κ3) is 3.59. The predicted octanol–water partition coefficient (Wildman–Crippen LogP) is 9.85. The molecule has 0 N–H and O–H groups in total. The van der Waals surface area contributed by atoms with Gasteiger partial charge in [-0.1, -0.05) is 97.1 Å². The average Bonchev–Trinajstić information content (AvgIpc) is 2.96. The van der Waals surface area contributed by atoms with E-state index in [1.54, 1.807) is 0 Å². The minimum absolute atomic E-state index is 1.18. The molecule has 1 aromatic heterocycles. The standard InChI is InChI=1S/C36H25N/c1-24-8-2-3-9-30(24)36-33-12-6-4-10-31(33)35(32-11-5-7-13-34(32)36)29-17-16-27-22-26(14-15-28(27)23-29)25-18-20-37-21-19-25/h2-23H,1H3. The van der Waals surface area contributed by atoms with E-state index < -0.39 is 0 Å². The van der Waals surface area contributed by atoms with E-state index in [0.29, 0.717) is 0 Å². The van der Waals surface area contributed by atoms with Gasteiger partial charge >= 0.3 is 0 Å². The number of hydrogen-bond donors (Lipinski definition) is 0. The Labute approximate surface area is 216 Å². The highest BCUT2D eigenvalue weighted by atomic mass is 14.6. The zero-order valence-electron chi connectivity index (χ0n) is 20.6. The molecule has 0 saturated heterocycles. The molecule has 0 aliphatic heterocycles. The molecule has 1 heteroatoms. The van der Waals surface area contributed by atoms with Gasteiger partial charge in [0.15, 0.2) is 0 Å².